The third kappa shape index (κ3) is 3.25. The molecule has 1 aliphatic rings. The van der Waals surface area contributed by atoms with Gasteiger partial charge in [-0.2, -0.15) is 13.2 Å². The van der Waals surface area contributed by atoms with Crippen LogP contribution < -0.4 is 0 Å². The van der Waals surface area contributed by atoms with Gasteiger partial charge in [0.15, 0.2) is 0 Å². The van der Waals surface area contributed by atoms with Gasteiger partial charge in [-0.25, -0.2) is 0 Å². The van der Waals surface area contributed by atoms with Gasteiger partial charge in [0.25, 0.3) is 0 Å². The molecular weight excluding hydrogens is 220 g/mol. The van der Waals surface area contributed by atoms with Gasteiger partial charge in [-0.15, -0.1) is 0 Å². The van der Waals surface area contributed by atoms with Gasteiger partial charge in [0.1, 0.15) is 0 Å². The highest BCUT2D eigenvalue weighted by molar-refractivity contribution is 6.46. The van der Waals surface area contributed by atoms with Gasteiger partial charge in [0.2, 0.25) is 0 Å². The summed E-state index contributed by atoms with van der Waals surface area (Å²) in [6, 6.07) is 0. The molecule has 16 heavy (non-hydrogen) atoms. The van der Waals surface area contributed by atoms with E-state index in [9.17, 15) is 13.2 Å². The first-order valence-corrected chi connectivity index (χ1v) is 5.14. The van der Waals surface area contributed by atoms with E-state index in [1.54, 1.807) is 0 Å². The first-order valence-electron chi connectivity index (χ1n) is 5.14. The molecule has 92 valence electrons. The second kappa shape index (κ2) is 4.07. The van der Waals surface area contributed by atoms with Crippen LogP contribution in [-0.4, -0.2) is 24.5 Å². The molecule has 6 heteroatoms. The first-order chi connectivity index (χ1) is 7.04. The molecule has 1 rings (SSSR count). The van der Waals surface area contributed by atoms with Crippen LogP contribution in [0.3, 0.4) is 0 Å². The van der Waals surface area contributed by atoms with Crippen molar-refractivity contribution >= 4 is 7.12 Å². The van der Waals surface area contributed by atoms with Gasteiger partial charge in [-0.1, -0.05) is 6.08 Å². The Morgan fingerprint density at radius 3 is 1.88 bits per heavy atom. The molecule has 0 aromatic heterocycles. The molecule has 0 aromatic rings. The molecule has 0 unspecified atom stereocenters. The van der Waals surface area contributed by atoms with Crippen LogP contribution in [0.1, 0.15) is 27.7 Å². The molecule has 1 aliphatic heterocycles. The van der Waals surface area contributed by atoms with E-state index in [2.05, 4.69) is 0 Å². The average molecular weight is 236 g/mol. The maximum atomic E-state index is 11.9. The summed E-state index contributed by atoms with van der Waals surface area (Å²) in [5.74, 6) is 0. The summed E-state index contributed by atoms with van der Waals surface area (Å²) in [5, 5.41) is 0. The van der Waals surface area contributed by atoms with Crippen LogP contribution in [0.15, 0.2) is 12.2 Å². The molecule has 0 amide bonds. The Morgan fingerprint density at radius 2 is 1.50 bits per heavy atom. The number of rotatable bonds is 2. The molecule has 0 aromatic carbocycles. The molecule has 0 bridgehead atoms. The van der Waals surface area contributed by atoms with Crippen molar-refractivity contribution in [3.63, 3.8) is 0 Å². The average Bonchev–Trinajstić information content (AvgIpc) is 2.17. The topological polar surface area (TPSA) is 18.5 Å². The van der Waals surface area contributed by atoms with E-state index in [0.29, 0.717) is 0 Å². The molecule has 0 radical (unpaired) electrons. The standard InChI is InChI=1S/C10H16BF3O2/c1-8(2)9(3,4)16-11(15-8)7-5-6-10(12,13)14/h5-6H,7H2,1-4H3/b6-5+. The van der Waals surface area contributed by atoms with Crippen LogP contribution in [0, 0.1) is 0 Å². The molecule has 1 heterocycles. The lowest BCUT2D eigenvalue weighted by Gasteiger charge is -2.32. The van der Waals surface area contributed by atoms with Crippen LogP contribution in [0.5, 0.6) is 0 Å². The van der Waals surface area contributed by atoms with E-state index in [0.717, 1.165) is 6.08 Å². The number of hydrogen-bond acceptors (Lipinski definition) is 2. The fourth-order valence-corrected chi connectivity index (χ4v) is 1.37. The summed E-state index contributed by atoms with van der Waals surface area (Å²) in [5.41, 5.74) is -0.993. The molecule has 0 atom stereocenters. The fraction of sp³-hybridized carbons (Fsp3) is 0.800. The van der Waals surface area contributed by atoms with Crippen molar-refractivity contribution in [2.75, 3.05) is 0 Å². The predicted octanol–water partition coefficient (Wildman–Crippen LogP) is 3.20. The van der Waals surface area contributed by atoms with Crippen LogP contribution in [0.4, 0.5) is 13.2 Å². The Kier molecular flexibility index (Phi) is 3.46. The van der Waals surface area contributed by atoms with Gasteiger partial charge in [0.05, 0.1) is 11.2 Å². The van der Waals surface area contributed by atoms with Gasteiger partial charge in [-0.05, 0) is 27.7 Å². The highest BCUT2D eigenvalue weighted by Crippen LogP contribution is 2.37. The Hall–Kier alpha value is -0.485. The minimum atomic E-state index is -4.27. The van der Waals surface area contributed by atoms with Crippen molar-refractivity contribution in [2.45, 2.75) is 51.4 Å². The Bertz CT molecular complexity index is 268. The van der Waals surface area contributed by atoms with Crippen molar-refractivity contribution in [3.8, 4) is 0 Å². The minimum Gasteiger partial charge on any atom is -0.403 e. The SMILES string of the molecule is CC1(C)OB(C/C=C/C(F)(F)F)OC1(C)C. The van der Waals surface area contributed by atoms with E-state index in [1.807, 2.05) is 27.7 Å². The first kappa shape index (κ1) is 13.6. The van der Waals surface area contributed by atoms with Gasteiger partial charge in [0, 0.05) is 12.4 Å². The highest BCUT2D eigenvalue weighted by atomic mass is 19.4. The largest absolute Gasteiger partial charge is 0.461 e. The van der Waals surface area contributed by atoms with Crippen LogP contribution in [0.2, 0.25) is 6.32 Å². The van der Waals surface area contributed by atoms with E-state index < -0.39 is 24.5 Å². The van der Waals surface area contributed by atoms with E-state index in [-0.39, 0.29) is 12.4 Å². The summed E-state index contributed by atoms with van der Waals surface area (Å²) >= 11 is 0. The van der Waals surface area contributed by atoms with Crippen LogP contribution in [0.25, 0.3) is 0 Å². The van der Waals surface area contributed by atoms with E-state index in [4.69, 9.17) is 9.31 Å². The van der Waals surface area contributed by atoms with Gasteiger partial charge in [-0.3, -0.25) is 0 Å². The van der Waals surface area contributed by atoms with Gasteiger partial charge >= 0.3 is 13.3 Å². The predicted molar refractivity (Wildman–Crippen MR) is 56.1 cm³/mol. The molecular formula is C10H16BF3O2. The zero-order valence-corrected chi connectivity index (χ0v) is 9.89. The number of allylic oxidation sites excluding steroid dienone is 2. The summed E-state index contributed by atoms with van der Waals surface area (Å²) in [4.78, 5) is 0. The molecule has 0 spiro atoms. The summed E-state index contributed by atoms with van der Waals surface area (Å²) < 4.78 is 46.7. The lowest BCUT2D eigenvalue weighted by molar-refractivity contribution is -0.0799. The zero-order chi connectivity index (χ0) is 12.6. The summed E-state index contributed by atoms with van der Waals surface area (Å²) in [6.45, 7) is 7.45. The molecule has 0 aliphatic carbocycles. The fourth-order valence-electron chi connectivity index (χ4n) is 1.37. The van der Waals surface area contributed by atoms with Crippen molar-refractivity contribution < 1.29 is 22.5 Å². The number of hydrogen-bond donors (Lipinski definition) is 0. The lowest BCUT2D eigenvalue weighted by atomic mass is 9.85. The molecule has 0 saturated carbocycles. The van der Waals surface area contributed by atoms with Gasteiger partial charge < -0.3 is 9.31 Å². The quantitative estimate of drug-likeness (QED) is 0.541. The molecule has 1 saturated heterocycles. The van der Waals surface area contributed by atoms with Crippen LogP contribution >= 0.6 is 0 Å². The van der Waals surface area contributed by atoms with E-state index >= 15 is 0 Å². The second-order valence-corrected chi connectivity index (χ2v) is 4.87. The molecule has 1 fully saturated rings. The second-order valence-electron chi connectivity index (χ2n) is 4.87. The minimum absolute atomic E-state index is 0.104. The highest BCUT2D eigenvalue weighted by Gasteiger charge is 2.50. The normalized spacial score (nSPS) is 24.3. The number of halogens is 3. The maximum Gasteiger partial charge on any atom is 0.461 e. The smallest absolute Gasteiger partial charge is 0.403 e. The zero-order valence-electron chi connectivity index (χ0n) is 9.89. The third-order valence-electron chi connectivity index (χ3n) is 2.94. The number of alkyl halides is 3. The third-order valence-corrected chi connectivity index (χ3v) is 2.94. The van der Waals surface area contributed by atoms with Crippen LogP contribution in [-0.2, 0) is 9.31 Å². The van der Waals surface area contributed by atoms with E-state index in [1.165, 1.54) is 0 Å². The van der Waals surface area contributed by atoms with Crippen molar-refractivity contribution in [2.24, 2.45) is 0 Å². The Morgan fingerprint density at radius 1 is 1.06 bits per heavy atom. The van der Waals surface area contributed by atoms with Crippen molar-refractivity contribution in [3.05, 3.63) is 12.2 Å². The summed E-state index contributed by atoms with van der Waals surface area (Å²) in [7, 11) is -0.608. The lowest BCUT2D eigenvalue weighted by Crippen LogP contribution is -2.41. The summed E-state index contributed by atoms with van der Waals surface area (Å²) in [6.07, 6.45) is -2.93. The molecule has 0 N–H and O–H groups in total. The van der Waals surface area contributed by atoms with Crippen molar-refractivity contribution in [1.82, 2.24) is 0 Å². The maximum absolute atomic E-state index is 11.9. The van der Waals surface area contributed by atoms with Crippen molar-refractivity contribution in [1.29, 1.82) is 0 Å². The monoisotopic (exact) mass is 236 g/mol. The Labute approximate surface area is 93.9 Å². The Balaban J connectivity index is 2.52. The molecule has 2 nitrogen and oxygen atoms in total.